The highest BCUT2D eigenvalue weighted by molar-refractivity contribution is 5.78. The molecule has 1 aliphatic heterocycles. The third-order valence-corrected chi connectivity index (χ3v) is 2.24. The number of carbonyl (C=O) groups excluding carboxylic acids is 1. The first kappa shape index (κ1) is 11.5. The normalized spacial score (nSPS) is 20.6. The SMILES string of the molecule is CC(C)CNC(=O)CN1CC(C)(N)C1. The third-order valence-electron chi connectivity index (χ3n) is 2.24. The van der Waals surface area contributed by atoms with Crippen LogP contribution in [0.4, 0.5) is 0 Å². The predicted molar refractivity (Wildman–Crippen MR) is 56.9 cm³/mol. The summed E-state index contributed by atoms with van der Waals surface area (Å²) in [7, 11) is 0. The van der Waals surface area contributed by atoms with E-state index in [0.717, 1.165) is 19.6 Å². The molecule has 4 heteroatoms. The molecule has 1 amide bonds. The smallest absolute Gasteiger partial charge is 0.234 e. The molecule has 0 aliphatic carbocycles. The summed E-state index contributed by atoms with van der Waals surface area (Å²) in [6.45, 7) is 9.06. The second-order valence-electron chi connectivity index (χ2n) is 5.00. The average molecular weight is 199 g/mol. The molecule has 1 fully saturated rings. The minimum atomic E-state index is -0.0850. The molecule has 1 saturated heterocycles. The first-order chi connectivity index (χ1) is 6.39. The van der Waals surface area contributed by atoms with Crippen molar-refractivity contribution in [1.29, 1.82) is 0 Å². The number of likely N-dealkylation sites (tertiary alicyclic amines) is 1. The van der Waals surface area contributed by atoms with Gasteiger partial charge in [0.2, 0.25) is 5.91 Å². The topological polar surface area (TPSA) is 58.4 Å². The predicted octanol–water partition coefficient (Wildman–Crippen LogP) is -0.208. The van der Waals surface area contributed by atoms with Crippen LogP contribution in [-0.2, 0) is 4.79 Å². The molecule has 0 radical (unpaired) electrons. The molecule has 0 bridgehead atoms. The summed E-state index contributed by atoms with van der Waals surface area (Å²) >= 11 is 0. The van der Waals surface area contributed by atoms with Crippen LogP contribution in [0.15, 0.2) is 0 Å². The Kier molecular flexibility index (Phi) is 3.50. The molecular formula is C10H21N3O. The number of rotatable bonds is 4. The first-order valence-electron chi connectivity index (χ1n) is 5.17. The van der Waals surface area contributed by atoms with Crippen LogP contribution in [0.1, 0.15) is 20.8 Å². The molecule has 0 spiro atoms. The second-order valence-corrected chi connectivity index (χ2v) is 5.00. The Morgan fingerprint density at radius 3 is 2.57 bits per heavy atom. The fourth-order valence-corrected chi connectivity index (χ4v) is 1.66. The maximum atomic E-state index is 11.4. The zero-order valence-corrected chi connectivity index (χ0v) is 9.34. The van der Waals surface area contributed by atoms with Crippen molar-refractivity contribution in [2.75, 3.05) is 26.2 Å². The maximum absolute atomic E-state index is 11.4. The molecule has 14 heavy (non-hydrogen) atoms. The molecule has 0 aromatic rings. The molecule has 0 aromatic heterocycles. The molecule has 4 nitrogen and oxygen atoms in total. The van der Waals surface area contributed by atoms with Crippen LogP contribution in [0.2, 0.25) is 0 Å². The van der Waals surface area contributed by atoms with Gasteiger partial charge in [-0.3, -0.25) is 9.69 Å². The number of hydrogen-bond acceptors (Lipinski definition) is 3. The van der Waals surface area contributed by atoms with Gasteiger partial charge < -0.3 is 11.1 Å². The Balaban J connectivity index is 2.11. The molecule has 3 N–H and O–H groups in total. The van der Waals surface area contributed by atoms with Gasteiger partial charge in [0.15, 0.2) is 0 Å². The van der Waals surface area contributed by atoms with E-state index in [-0.39, 0.29) is 11.4 Å². The molecular weight excluding hydrogens is 178 g/mol. The van der Waals surface area contributed by atoms with Crippen LogP contribution < -0.4 is 11.1 Å². The lowest BCUT2D eigenvalue weighted by Crippen LogP contribution is -2.66. The first-order valence-corrected chi connectivity index (χ1v) is 5.17. The summed E-state index contributed by atoms with van der Waals surface area (Å²) < 4.78 is 0. The number of nitrogens with zero attached hydrogens (tertiary/aromatic N) is 1. The van der Waals surface area contributed by atoms with E-state index in [4.69, 9.17) is 5.73 Å². The number of nitrogens with two attached hydrogens (primary N) is 1. The van der Waals surface area contributed by atoms with Gasteiger partial charge in [0.1, 0.15) is 0 Å². The van der Waals surface area contributed by atoms with Crippen molar-refractivity contribution in [3.05, 3.63) is 0 Å². The highest BCUT2D eigenvalue weighted by Gasteiger charge is 2.35. The summed E-state index contributed by atoms with van der Waals surface area (Å²) in [5.74, 6) is 0.615. The van der Waals surface area contributed by atoms with Crippen molar-refractivity contribution in [1.82, 2.24) is 10.2 Å². The van der Waals surface area contributed by atoms with Crippen molar-refractivity contribution >= 4 is 5.91 Å². The lowest BCUT2D eigenvalue weighted by molar-refractivity contribution is -0.124. The third kappa shape index (κ3) is 3.64. The van der Waals surface area contributed by atoms with Gasteiger partial charge >= 0.3 is 0 Å². The summed E-state index contributed by atoms with van der Waals surface area (Å²) in [6.07, 6.45) is 0. The zero-order chi connectivity index (χ0) is 10.8. The van der Waals surface area contributed by atoms with Crippen LogP contribution in [0, 0.1) is 5.92 Å². The highest BCUT2D eigenvalue weighted by atomic mass is 16.2. The molecule has 1 heterocycles. The van der Waals surface area contributed by atoms with Crippen LogP contribution in [0.3, 0.4) is 0 Å². The lowest BCUT2D eigenvalue weighted by Gasteiger charge is -2.45. The van der Waals surface area contributed by atoms with E-state index >= 15 is 0 Å². The van der Waals surface area contributed by atoms with E-state index < -0.39 is 0 Å². The van der Waals surface area contributed by atoms with Crippen LogP contribution in [0.25, 0.3) is 0 Å². The van der Waals surface area contributed by atoms with Crippen molar-refractivity contribution in [3.8, 4) is 0 Å². The van der Waals surface area contributed by atoms with Crippen molar-refractivity contribution in [2.24, 2.45) is 11.7 Å². The van der Waals surface area contributed by atoms with E-state index in [9.17, 15) is 4.79 Å². The van der Waals surface area contributed by atoms with Crippen LogP contribution >= 0.6 is 0 Å². The van der Waals surface area contributed by atoms with Gasteiger partial charge in [-0.2, -0.15) is 0 Å². The fourth-order valence-electron chi connectivity index (χ4n) is 1.66. The summed E-state index contributed by atoms with van der Waals surface area (Å²) in [6, 6.07) is 0. The Morgan fingerprint density at radius 2 is 2.14 bits per heavy atom. The van der Waals surface area contributed by atoms with Crippen LogP contribution in [-0.4, -0.2) is 42.5 Å². The molecule has 82 valence electrons. The largest absolute Gasteiger partial charge is 0.355 e. The summed E-state index contributed by atoms with van der Waals surface area (Å²) in [4.78, 5) is 13.4. The van der Waals surface area contributed by atoms with Gasteiger partial charge in [-0.05, 0) is 12.8 Å². The van der Waals surface area contributed by atoms with Crippen LogP contribution in [0.5, 0.6) is 0 Å². The molecule has 0 atom stereocenters. The van der Waals surface area contributed by atoms with E-state index in [1.54, 1.807) is 0 Å². The van der Waals surface area contributed by atoms with E-state index in [0.29, 0.717) is 12.5 Å². The Hall–Kier alpha value is -0.610. The molecule has 1 rings (SSSR count). The van der Waals surface area contributed by atoms with Gasteiger partial charge in [0.25, 0.3) is 0 Å². The summed E-state index contributed by atoms with van der Waals surface area (Å²) in [5, 5.41) is 2.89. The fraction of sp³-hybridized carbons (Fsp3) is 0.900. The highest BCUT2D eigenvalue weighted by Crippen LogP contribution is 2.15. The minimum Gasteiger partial charge on any atom is -0.355 e. The second kappa shape index (κ2) is 4.28. The van der Waals surface area contributed by atoms with Gasteiger partial charge in [0.05, 0.1) is 6.54 Å². The van der Waals surface area contributed by atoms with Crippen molar-refractivity contribution in [3.63, 3.8) is 0 Å². The number of amides is 1. The van der Waals surface area contributed by atoms with Gasteiger partial charge in [0, 0.05) is 25.2 Å². The standard InChI is InChI=1S/C10H21N3O/c1-8(2)4-12-9(14)5-13-6-10(3,11)7-13/h8H,4-7,11H2,1-3H3,(H,12,14). The zero-order valence-electron chi connectivity index (χ0n) is 9.34. The van der Waals surface area contributed by atoms with E-state index in [2.05, 4.69) is 24.1 Å². The number of hydrogen-bond donors (Lipinski definition) is 2. The number of carbonyl (C=O) groups is 1. The molecule has 0 aromatic carbocycles. The van der Waals surface area contributed by atoms with Gasteiger partial charge in [-0.15, -0.1) is 0 Å². The maximum Gasteiger partial charge on any atom is 0.234 e. The number of nitrogens with one attached hydrogen (secondary N) is 1. The van der Waals surface area contributed by atoms with Gasteiger partial charge in [-0.25, -0.2) is 0 Å². The molecule has 0 saturated carbocycles. The van der Waals surface area contributed by atoms with Gasteiger partial charge in [-0.1, -0.05) is 13.8 Å². The Morgan fingerprint density at radius 1 is 1.57 bits per heavy atom. The minimum absolute atomic E-state index is 0.0850. The van der Waals surface area contributed by atoms with E-state index in [1.807, 2.05) is 6.92 Å². The quantitative estimate of drug-likeness (QED) is 0.659. The van der Waals surface area contributed by atoms with Crippen molar-refractivity contribution in [2.45, 2.75) is 26.3 Å². The monoisotopic (exact) mass is 199 g/mol. The molecule has 0 unspecified atom stereocenters. The Bertz CT molecular complexity index is 205. The lowest BCUT2D eigenvalue weighted by atomic mass is 9.94. The average Bonchev–Trinajstić information content (AvgIpc) is 1.97. The Labute approximate surface area is 85.8 Å². The van der Waals surface area contributed by atoms with E-state index in [1.165, 1.54) is 0 Å². The van der Waals surface area contributed by atoms with Crippen molar-refractivity contribution < 1.29 is 4.79 Å². The summed E-state index contributed by atoms with van der Waals surface area (Å²) in [5.41, 5.74) is 5.75. The molecule has 1 aliphatic rings.